The molecule has 140 valence electrons. The molecule has 8 heteroatoms. The van der Waals surface area contributed by atoms with Crippen molar-refractivity contribution in [1.29, 1.82) is 0 Å². The second-order valence-electron chi connectivity index (χ2n) is 5.94. The highest BCUT2D eigenvalue weighted by atomic mass is 32.2. The molecule has 4 aromatic rings. The van der Waals surface area contributed by atoms with Crippen LogP contribution in [-0.2, 0) is 10.0 Å². The molecule has 0 aliphatic carbocycles. The summed E-state index contributed by atoms with van der Waals surface area (Å²) in [5, 5.41) is 4.76. The molecule has 0 aliphatic heterocycles. The lowest BCUT2D eigenvalue weighted by Crippen LogP contribution is -2.15. The number of nitrogens with zero attached hydrogens (tertiary/aromatic N) is 3. The molecule has 0 atom stereocenters. The molecule has 4 rings (SSSR count). The van der Waals surface area contributed by atoms with Gasteiger partial charge in [0.25, 0.3) is 10.0 Å². The first-order valence-corrected chi connectivity index (χ1v) is 9.68. The van der Waals surface area contributed by atoms with E-state index < -0.39 is 26.6 Å². The van der Waals surface area contributed by atoms with E-state index in [0.29, 0.717) is 28.4 Å². The lowest BCUT2D eigenvalue weighted by molar-refractivity contribution is 0.561. The Morgan fingerprint density at radius 2 is 1.61 bits per heavy atom. The Labute approximate surface area is 159 Å². The molecule has 28 heavy (non-hydrogen) atoms. The smallest absolute Gasteiger partial charge is 0.257 e. The predicted octanol–water partition coefficient (Wildman–Crippen LogP) is 4.12. The van der Waals surface area contributed by atoms with Gasteiger partial charge in [0.05, 0.1) is 21.8 Å². The fraction of sp³-hybridized carbons (Fsp3) is 0. The molecule has 2 heterocycles. The van der Waals surface area contributed by atoms with E-state index in [2.05, 4.69) is 10.1 Å². The third kappa shape index (κ3) is 3.29. The molecule has 0 amide bonds. The van der Waals surface area contributed by atoms with Crippen LogP contribution in [0.15, 0.2) is 71.8 Å². The SMILES string of the molecule is O=S(=O)(c1cc(F)cc(F)c1)n1nc(C=Cc2ccccn2)c2ccccc21. The minimum atomic E-state index is -4.30. The minimum absolute atomic E-state index is 0.299. The molecule has 2 aromatic carbocycles. The van der Waals surface area contributed by atoms with Gasteiger partial charge in [0.15, 0.2) is 0 Å². The molecule has 0 aliphatic rings. The maximum absolute atomic E-state index is 13.5. The van der Waals surface area contributed by atoms with Crippen LogP contribution in [0.2, 0.25) is 0 Å². The second kappa shape index (κ2) is 6.97. The van der Waals surface area contributed by atoms with Gasteiger partial charge in [-0.3, -0.25) is 4.98 Å². The van der Waals surface area contributed by atoms with Crippen LogP contribution in [0.25, 0.3) is 23.1 Å². The van der Waals surface area contributed by atoms with Gasteiger partial charge in [-0.2, -0.15) is 17.6 Å². The van der Waals surface area contributed by atoms with Gasteiger partial charge in [-0.05, 0) is 42.5 Å². The first-order valence-electron chi connectivity index (χ1n) is 8.24. The first-order chi connectivity index (χ1) is 13.4. The molecule has 0 fully saturated rings. The van der Waals surface area contributed by atoms with E-state index in [4.69, 9.17) is 0 Å². The van der Waals surface area contributed by atoms with E-state index >= 15 is 0 Å². The highest BCUT2D eigenvalue weighted by molar-refractivity contribution is 7.90. The molecule has 0 saturated heterocycles. The predicted molar refractivity (Wildman–Crippen MR) is 102 cm³/mol. The van der Waals surface area contributed by atoms with Gasteiger partial charge in [-0.1, -0.05) is 24.3 Å². The van der Waals surface area contributed by atoms with Gasteiger partial charge in [0.1, 0.15) is 11.6 Å². The van der Waals surface area contributed by atoms with Crippen molar-refractivity contribution in [3.8, 4) is 0 Å². The molecule has 0 unspecified atom stereocenters. The molecular formula is C20H13F2N3O2S. The van der Waals surface area contributed by atoms with Crippen molar-refractivity contribution in [3.63, 3.8) is 0 Å². The van der Waals surface area contributed by atoms with E-state index in [0.717, 1.165) is 16.2 Å². The molecule has 2 aromatic heterocycles. The summed E-state index contributed by atoms with van der Waals surface area (Å²) < 4.78 is 53.8. The van der Waals surface area contributed by atoms with E-state index in [9.17, 15) is 17.2 Å². The fourth-order valence-corrected chi connectivity index (χ4v) is 4.12. The topological polar surface area (TPSA) is 64.8 Å². The number of aromatic nitrogens is 3. The monoisotopic (exact) mass is 397 g/mol. The summed E-state index contributed by atoms with van der Waals surface area (Å²) in [4.78, 5) is 3.66. The van der Waals surface area contributed by atoms with Gasteiger partial charge in [0, 0.05) is 17.6 Å². The Kier molecular flexibility index (Phi) is 4.48. The van der Waals surface area contributed by atoms with Crippen molar-refractivity contribution in [3.05, 3.63) is 89.9 Å². The minimum Gasteiger partial charge on any atom is -0.257 e. The number of rotatable bonds is 4. The van der Waals surface area contributed by atoms with Gasteiger partial charge in [-0.15, -0.1) is 0 Å². The second-order valence-corrected chi connectivity index (χ2v) is 7.71. The maximum Gasteiger partial charge on any atom is 0.283 e. The molecule has 0 bridgehead atoms. The summed E-state index contributed by atoms with van der Waals surface area (Å²) >= 11 is 0. The molecule has 0 radical (unpaired) electrons. The standard InChI is InChI=1S/C20H13F2N3O2S/c21-14-11-15(22)13-17(12-14)28(26,27)25-20-7-2-1-6-18(20)19(24-25)9-8-16-5-3-4-10-23-16/h1-13H. The third-order valence-electron chi connectivity index (χ3n) is 4.05. The van der Waals surface area contributed by atoms with Gasteiger partial charge < -0.3 is 0 Å². The summed E-state index contributed by atoms with van der Waals surface area (Å²) in [5.41, 5.74) is 1.37. The lowest BCUT2D eigenvalue weighted by Gasteiger charge is -2.06. The normalized spacial score (nSPS) is 12.1. The Bertz CT molecular complexity index is 1280. The largest absolute Gasteiger partial charge is 0.283 e. The van der Waals surface area contributed by atoms with Crippen LogP contribution in [0.4, 0.5) is 8.78 Å². The van der Waals surface area contributed by atoms with Crippen LogP contribution in [0, 0.1) is 11.6 Å². The van der Waals surface area contributed by atoms with Gasteiger partial charge in [0.2, 0.25) is 0 Å². The van der Waals surface area contributed by atoms with E-state index in [1.165, 1.54) is 0 Å². The third-order valence-corrected chi connectivity index (χ3v) is 5.61. The van der Waals surface area contributed by atoms with E-state index in [1.54, 1.807) is 54.7 Å². The summed E-state index contributed by atoms with van der Waals surface area (Å²) in [6.45, 7) is 0. The quantitative estimate of drug-likeness (QED) is 0.520. The maximum atomic E-state index is 13.5. The molecular weight excluding hydrogens is 384 g/mol. The average Bonchev–Trinajstić information content (AvgIpc) is 3.06. The number of halogens is 2. The van der Waals surface area contributed by atoms with Crippen LogP contribution in [0.3, 0.4) is 0 Å². The number of pyridine rings is 1. The molecule has 5 nitrogen and oxygen atoms in total. The number of para-hydroxylation sites is 1. The van der Waals surface area contributed by atoms with Crippen LogP contribution in [0.5, 0.6) is 0 Å². The molecule has 0 spiro atoms. The highest BCUT2D eigenvalue weighted by Crippen LogP contribution is 2.25. The first kappa shape index (κ1) is 18.0. The van der Waals surface area contributed by atoms with Crippen molar-refractivity contribution in [2.24, 2.45) is 0 Å². The van der Waals surface area contributed by atoms with Crippen molar-refractivity contribution in [2.75, 3.05) is 0 Å². The van der Waals surface area contributed by atoms with Gasteiger partial charge in [-0.25, -0.2) is 8.78 Å². The Hall–Kier alpha value is -3.39. The van der Waals surface area contributed by atoms with Crippen LogP contribution in [-0.4, -0.2) is 22.6 Å². The number of hydrogen-bond acceptors (Lipinski definition) is 4. The summed E-state index contributed by atoms with van der Waals surface area (Å²) in [7, 11) is -4.30. The zero-order valence-electron chi connectivity index (χ0n) is 14.3. The zero-order chi connectivity index (χ0) is 19.7. The number of hydrogen-bond donors (Lipinski definition) is 0. The average molecular weight is 397 g/mol. The van der Waals surface area contributed by atoms with E-state index in [-0.39, 0.29) is 0 Å². The zero-order valence-corrected chi connectivity index (χ0v) is 15.1. The van der Waals surface area contributed by atoms with Crippen molar-refractivity contribution >= 4 is 33.1 Å². The van der Waals surface area contributed by atoms with Crippen LogP contribution >= 0.6 is 0 Å². The van der Waals surface area contributed by atoms with Gasteiger partial charge >= 0.3 is 0 Å². The summed E-state index contributed by atoms with van der Waals surface area (Å²) in [5.74, 6) is -1.96. The van der Waals surface area contributed by atoms with Crippen molar-refractivity contribution < 1.29 is 17.2 Å². The lowest BCUT2D eigenvalue weighted by atomic mass is 10.2. The Morgan fingerprint density at radius 1 is 0.893 bits per heavy atom. The molecule has 0 saturated carbocycles. The number of benzene rings is 2. The van der Waals surface area contributed by atoms with Crippen LogP contribution in [0.1, 0.15) is 11.4 Å². The van der Waals surface area contributed by atoms with Crippen molar-refractivity contribution in [2.45, 2.75) is 4.90 Å². The van der Waals surface area contributed by atoms with E-state index in [1.807, 2.05) is 6.07 Å². The fourth-order valence-electron chi connectivity index (χ4n) is 2.79. The number of fused-ring (bicyclic) bond motifs is 1. The molecule has 0 N–H and O–H groups in total. The Morgan fingerprint density at radius 3 is 2.32 bits per heavy atom. The highest BCUT2D eigenvalue weighted by Gasteiger charge is 2.23. The summed E-state index contributed by atoms with van der Waals surface area (Å²) in [6.07, 6.45) is 4.98. The van der Waals surface area contributed by atoms with Crippen molar-refractivity contribution in [1.82, 2.24) is 14.2 Å². The Balaban J connectivity index is 1.87. The van der Waals surface area contributed by atoms with Crippen LogP contribution < -0.4 is 0 Å². The summed E-state index contributed by atoms with van der Waals surface area (Å²) in [6, 6.07) is 14.2.